The van der Waals surface area contributed by atoms with Gasteiger partial charge in [-0.05, 0) is 49.1 Å². The lowest BCUT2D eigenvalue weighted by Gasteiger charge is -2.40. The molecule has 168 valence electrons. The van der Waals surface area contributed by atoms with Crippen molar-refractivity contribution < 1.29 is 31.1 Å². The van der Waals surface area contributed by atoms with E-state index < -0.39 is 35.1 Å². The van der Waals surface area contributed by atoms with Gasteiger partial charge in [0.2, 0.25) is 0 Å². The van der Waals surface area contributed by atoms with Gasteiger partial charge < -0.3 is 10.1 Å². The Balaban J connectivity index is 1.87. The minimum Gasteiger partial charge on any atom is -0.372 e. The van der Waals surface area contributed by atoms with Crippen LogP contribution in [-0.4, -0.2) is 13.2 Å². The Labute approximate surface area is 176 Å². The maximum atomic E-state index is 13.2. The summed E-state index contributed by atoms with van der Waals surface area (Å²) in [5.41, 5.74) is -1.52. The van der Waals surface area contributed by atoms with Gasteiger partial charge in [0.05, 0.1) is 29.4 Å². The van der Waals surface area contributed by atoms with Crippen LogP contribution in [0.25, 0.3) is 0 Å². The average Bonchev–Trinajstić information content (AvgIpc) is 2.72. The molecule has 2 nitrogen and oxygen atoms in total. The predicted octanol–water partition coefficient (Wildman–Crippen LogP) is 6.64. The second-order valence-electron chi connectivity index (χ2n) is 7.84. The first-order valence-corrected chi connectivity index (χ1v) is 9.79. The number of hydrogen-bond acceptors (Lipinski definition) is 2. The smallest absolute Gasteiger partial charge is 0.372 e. The van der Waals surface area contributed by atoms with Crippen LogP contribution in [0, 0.1) is 0 Å². The average molecular weight is 443 g/mol. The van der Waals surface area contributed by atoms with E-state index in [2.05, 4.69) is 11.9 Å². The zero-order chi connectivity index (χ0) is 22.9. The first-order chi connectivity index (χ1) is 14.4. The fourth-order valence-electron chi connectivity index (χ4n) is 3.65. The molecule has 0 radical (unpaired) electrons. The van der Waals surface area contributed by atoms with Crippen LogP contribution in [-0.2, 0) is 22.6 Å². The molecule has 0 amide bonds. The number of hydrogen-bond donors (Lipinski definition) is 1. The second kappa shape index (κ2) is 8.67. The lowest BCUT2D eigenvalue weighted by atomic mass is 9.82. The number of alkyl halides is 6. The van der Waals surface area contributed by atoms with Gasteiger partial charge in [-0.1, -0.05) is 42.5 Å². The van der Waals surface area contributed by atoms with Gasteiger partial charge in [-0.3, -0.25) is 0 Å². The Kier molecular flexibility index (Phi) is 6.53. The number of nitrogens with one attached hydrogen (secondary N) is 1. The number of ether oxygens (including phenoxy) is 1. The normalized spacial score (nSPS) is 21.2. The molecule has 0 spiro atoms. The Morgan fingerprint density at radius 1 is 1.00 bits per heavy atom. The number of rotatable bonds is 5. The highest BCUT2D eigenvalue weighted by molar-refractivity contribution is 5.35. The zero-order valence-electron chi connectivity index (χ0n) is 16.9. The summed E-state index contributed by atoms with van der Waals surface area (Å²) in [6.45, 7) is 6.06. The molecule has 2 atom stereocenters. The summed E-state index contributed by atoms with van der Waals surface area (Å²) in [6.07, 6.45) is -9.38. The van der Waals surface area contributed by atoms with Gasteiger partial charge in [0.1, 0.15) is 0 Å². The molecule has 8 heteroatoms. The van der Waals surface area contributed by atoms with Crippen molar-refractivity contribution >= 4 is 0 Å². The predicted molar refractivity (Wildman–Crippen MR) is 105 cm³/mol. The Morgan fingerprint density at radius 3 is 2.06 bits per heavy atom. The first-order valence-electron chi connectivity index (χ1n) is 9.79. The highest BCUT2D eigenvalue weighted by Crippen LogP contribution is 2.39. The molecule has 0 aliphatic carbocycles. The van der Waals surface area contributed by atoms with Crippen molar-refractivity contribution in [2.24, 2.45) is 0 Å². The second-order valence-corrected chi connectivity index (χ2v) is 7.84. The molecule has 2 aromatic carbocycles. The van der Waals surface area contributed by atoms with Crippen molar-refractivity contribution in [3.05, 3.63) is 82.9 Å². The van der Waals surface area contributed by atoms with Gasteiger partial charge in [-0.25, -0.2) is 0 Å². The van der Waals surface area contributed by atoms with E-state index in [4.69, 9.17) is 4.74 Å². The molecule has 0 bridgehead atoms. The minimum atomic E-state index is -4.90. The van der Waals surface area contributed by atoms with Crippen LogP contribution in [0.15, 0.2) is 60.7 Å². The molecule has 1 aliphatic heterocycles. The van der Waals surface area contributed by atoms with E-state index in [1.165, 1.54) is 6.92 Å². The van der Waals surface area contributed by atoms with Gasteiger partial charge in [-0.15, -0.1) is 0 Å². The van der Waals surface area contributed by atoms with E-state index in [9.17, 15) is 26.3 Å². The van der Waals surface area contributed by atoms with Gasteiger partial charge in [0.25, 0.3) is 0 Å². The topological polar surface area (TPSA) is 21.3 Å². The summed E-state index contributed by atoms with van der Waals surface area (Å²) in [6, 6.07) is 11.0. The molecule has 1 N–H and O–H groups in total. The standard InChI is InChI=1S/C23H23F6NO/c1-15-8-9-21(30-13-15,18-6-4-3-5-7-18)14-31-16(2)17-10-19(22(24,25)26)12-20(11-17)23(27,28)29/h3-7,10-12,16,30H,1,8-9,13-14H2,2H3/t16-,21-/m1/s1. The Hall–Kier alpha value is -2.32. The van der Waals surface area contributed by atoms with Crippen molar-refractivity contribution in [2.75, 3.05) is 13.2 Å². The SMILES string of the molecule is C=C1CC[C@@](CO[C@H](C)c2cc(C(F)(F)F)cc(C(F)(F)F)c2)(c2ccccc2)NC1. The van der Waals surface area contributed by atoms with Crippen LogP contribution in [0.2, 0.25) is 0 Å². The van der Waals surface area contributed by atoms with Crippen molar-refractivity contribution in [1.29, 1.82) is 0 Å². The van der Waals surface area contributed by atoms with Gasteiger partial charge in [0, 0.05) is 6.54 Å². The quantitative estimate of drug-likeness (QED) is 0.413. The third kappa shape index (κ3) is 5.49. The van der Waals surface area contributed by atoms with Crippen molar-refractivity contribution in [3.63, 3.8) is 0 Å². The van der Waals surface area contributed by atoms with Crippen molar-refractivity contribution in [3.8, 4) is 0 Å². The van der Waals surface area contributed by atoms with Gasteiger partial charge in [0.15, 0.2) is 0 Å². The lowest BCUT2D eigenvalue weighted by molar-refractivity contribution is -0.143. The molecular formula is C23H23F6NO. The number of benzene rings is 2. The molecule has 31 heavy (non-hydrogen) atoms. The molecule has 1 saturated heterocycles. The van der Waals surface area contributed by atoms with Crippen molar-refractivity contribution in [2.45, 2.75) is 43.8 Å². The Bertz CT molecular complexity index is 878. The van der Waals surface area contributed by atoms with Crippen LogP contribution in [0.3, 0.4) is 0 Å². The van der Waals surface area contributed by atoms with E-state index >= 15 is 0 Å². The van der Waals surface area contributed by atoms with Gasteiger partial charge >= 0.3 is 12.4 Å². The highest BCUT2D eigenvalue weighted by atomic mass is 19.4. The van der Waals surface area contributed by atoms with E-state index in [-0.39, 0.29) is 18.2 Å². The minimum absolute atomic E-state index is 0.0864. The largest absolute Gasteiger partial charge is 0.416 e. The summed E-state index contributed by atoms with van der Waals surface area (Å²) in [7, 11) is 0. The van der Waals surface area contributed by atoms with E-state index in [1.54, 1.807) is 0 Å². The van der Waals surface area contributed by atoms with E-state index in [0.717, 1.165) is 17.6 Å². The summed E-state index contributed by atoms with van der Waals surface area (Å²) in [5.74, 6) is 0. The van der Waals surface area contributed by atoms with Crippen LogP contribution in [0.4, 0.5) is 26.3 Å². The molecule has 2 aromatic rings. The maximum absolute atomic E-state index is 13.2. The van der Waals surface area contributed by atoms with E-state index in [0.29, 0.717) is 25.1 Å². The zero-order valence-corrected chi connectivity index (χ0v) is 16.9. The first kappa shape index (κ1) is 23.3. The maximum Gasteiger partial charge on any atom is 0.416 e. The molecule has 1 heterocycles. The molecule has 0 unspecified atom stereocenters. The molecule has 0 saturated carbocycles. The van der Waals surface area contributed by atoms with Crippen molar-refractivity contribution in [1.82, 2.24) is 5.32 Å². The lowest BCUT2D eigenvalue weighted by Crippen LogP contribution is -2.50. The summed E-state index contributed by atoms with van der Waals surface area (Å²) < 4.78 is 84.9. The van der Waals surface area contributed by atoms with E-state index in [1.807, 2.05) is 30.3 Å². The monoisotopic (exact) mass is 443 g/mol. The van der Waals surface area contributed by atoms with Gasteiger partial charge in [-0.2, -0.15) is 26.3 Å². The molecule has 3 rings (SSSR count). The van der Waals surface area contributed by atoms with Crippen LogP contribution < -0.4 is 5.32 Å². The molecule has 1 aliphatic rings. The fraction of sp³-hybridized carbons (Fsp3) is 0.391. The Morgan fingerprint density at radius 2 is 1.58 bits per heavy atom. The third-order valence-electron chi connectivity index (χ3n) is 5.57. The fourth-order valence-corrected chi connectivity index (χ4v) is 3.65. The third-order valence-corrected chi connectivity index (χ3v) is 5.57. The van der Waals surface area contributed by atoms with Crippen LogP contribution in [0.5, 0.6) is 0 Å². The summed E-state index contributed by atoms with van der Waals surface area (Å²) in [5, 5.41) is 3.39. The van der Waals surface area contributed by atoms with Crippen LogP contribution in [0.1, 0.15) is 48.1 Å². The summed E-state index contributed by atoms with van der Waals surface area (Å²) >= 11 is 0. The molecule has 1 fully saturated rings. The summed E-state index contributed by atoms with van der Waals surface area (Å²) in [4.78, 5) is 0. The highest BCUT2D eigenvalue weighted by Gasteiger charge is 2.38. The molecular weight excluding hydrogens is 420 g/mol. The number of halogens is 6. The van der Waals surface area contributed by atoms with Crippen LogP contribution >= 0.6 is 0 Å². The molecule has 0 aromatic heterocycles. The number of piperidine rings is 1.